The molecule has 0 heterocycles. The number of anilines is 1. The molecular weight excluding hydrogens is 294 g/mol. The third-order valence-electron chi connectivity index (χ3n) is 2.58. The van der Waals surface area contributed by atoms with Gasteiger partial charge in [-0.1, -0.05) is 18.2 Å². The van der Waals surface area contributed by atoms with E-state index in [1.807, 2.05) is 30.3 Å². The molecule has 0 saturated heterocycles. The van der Waals surface area contributed by atoms with Crippen molar-refractivity contribution >= 4 is 23.5 Å². The highest BCUT2D eigenvalue weighted by Crippen LogP contribution is 2.16. The molecule has 110 valence electrons. The molecule has 0 aromatic heterocycles. The molecular formula is C15H14F2N2OS. The number of amides is 2. The maximum Gasteiger partial charge on any atom is 0.319 e. The Kier molecular flexibility index (Phi) is 5.57. The van der Waals surface area contributed by atoms with Crippen LogP contribution in [0.15, 0.2) is 53.4 Å². The molecule has 0 aliphatic heterocycles. The van der Waals surface area contributed by atoms with Gasteiger partial charge in [0.25, 0.3) is 0 Å². The molecule has 0 spiro atoms. The molecule has 0 radical (unpaired) electrons. The van der Waals surface area contributed by atoms with Crippen LogP contribution in [0.25, 0.3) is 0 Å². The van der Waals surface area contributed by atoms with Gasteiger partial charge in [0.15, 0.2) is 11.6 Å². The summed E-state index contributed by atoms with van der Waals surface area (Å²) in [5, 5.41) is 5.09. The van der Waals surface area contributed by atoms with Crippen molar-refractivity contribution in [1.82, 2.24) is 5.32 Å². The fourth-order valence-corrected chi connectivity index (χ4v) is 2.39. The maximum absolute atomic E-state index is 13.0. The summed E-state index contributed by atoms with van der Waals surface area (Å²) in [5.41, 5.74) is 0.210. The average molecular weight is 308 g/mol. The van der Waals surface area contributed by atoms with Crippen LogP contribution in [-0.2, 0) is 0 Å². The summed E-state index contributed by atoms with van der Waals surface area (Å²) in [7, 11) is 0. The lowest BCUT2D eigenvalue weighted by molar-refractivity contribution is 0.252. The molecule has 3 nitrogen and oxygen atoms in total. The van der Waals surface area contributed by atoms with Crippen LogP contribution in [0.1, 0.15) is 0 Å². The van der Waals surface area contributed by atoms with Crippen molar-refractivity contribution in [3.05, 3.63) is 60.2 Å². The van der Waals surface area contributed by atoms with Crippen molar-refractivity contribution in [3.63, 3.8) is 0 Å². The zero-order valence-corrected chi connectivity index (χ0v) is 11.9. The fraction of sp³-hybridized carbons (Fsp3) is 0.133. The number of hydrogen-bond donors (Lipinski definition) is 2. The molecule has 0 saturated carbocycles. The van der Waals surface area contributed by atoms with Gasteiger partial charge in [-0.2, -0.15) is 0 Å². The highest BCUT2D eigenvalue weighted by atomic mass is 32.2. The molecule has 2 aromatic carbocycles. The van der Waals surface area contributed by atoms with Crippen LogP contribution in [0, 0.1) is 11.6 Å². The molecule has 0 unspecified atom stereocenters. The van der Waals surface area contributed by atoms with Gasteiger partial charge in [0.05, 0.1) is 0 Å². The monoisotopic (exact) mass is 308 g/mol. The van der Waals surface area contributed by atoms with Gasteiger partial charge in [-0.3, -0.25) is 0 Å². The quantitative estimate of drug-likeness (QED) is 0.650. The number of nitrogens with one attached hydrogen (secondary N) is 2. The molecule has 2 aromatic rings. The molecule has 6 heteroatoms. The van der Waals surface area contributed by atoms with Crippen LogP contribution >= 0.6 is 11.8 Å². The van der Waals surface area contributed by atoms with E-state index in [1.54, 1.807) is 11.8 Å². The summed E-state index contributed by atoms with van der Waals surface area (Å²) in [4.78, 5) is 12.7. The van der Waals surface area contributed by atoms with Gasteiger partial charge in [0.2, 0.25) is 0 Å². The van der Waals surface area contributed by atoms with Crippen LogP contribution in [-0.4, -0.2) is 18.3 Å². The lowest BCUT2D eigenvalue weighted by atomic mass is 10.3. The number of carbonyl (C=O) groups excluding carboxylic acids is 1. The van der Waals surface area contributed by atoms with Crippen LogP contribution in [0.5, 0.6) is 0 Å². The first kappa shape index (κ1) is 15.3. The van der Waals surface area contributed by atoms with E-state index >= 15 is 0 Å². The Labute approximate surface area is 125 Å². The molecule has 0 aliphatic rings. The zero-order valence-electron chi connectivity index (χ0n) is 11.1. The summed E-state index contributed by atoms with van der Waals surface area (Å²) in [5.74, 6) is -1.22. The molecule has 2 rings (SSSR count). The molecule has 2 N–H and O–H groups in total. The second kappa shape index (κ2) is 7.64. The number of hydrogen-bond acceptors (Lipinski definition) is 2. The van der Waals surface area contributed by atoms with Gasteiger partial charge in [-0.25, -0.2) is 13.6 Å². The second-order valence-corrected chi connectivity index (χ2v) is 5.34. The van der Waals surface area contributed by atoms with Crippen molar-refractivity contribution in [3.8, 4) is 0 Å². The standard InChI is InChI=1S/C15H14F2N2OS/c16-13-7-6-11(10-14(13)17)19-15(20)18-8-9-21-12-4-2-1-3-5-12/h1-7,10H,8-9H2,(H2,18,19,20). The van der Waals surface area contributed by atoms with Gasteiger partial charge in [0.1, 0.15) is 0 Å². The first-order valence-corrected chi connectivity index (χ1v) is 7.31. The van der Waals surface area contributed by atoms with Crippen molar-refractivity contribution in [2.45, 2.75) is 4.90 Å². The molecule has 0 bridgehead atoms. The van der Waals surface area contributed by atoms with Crippen LogP contribution < -0.4 is 10.6 Å². The molecule has 2 amide bonds. The third-order valence-corrected chi connectivity index (χ3v) is 3.59. The molecule has 0 atom stereocenters. The number of halogens is 2. The zero-order chi connectivity index (χ0) is 15.1. The van der Waals surface area contributed by atoms with E-state index in [4.69, 9.17) is 0 Å². The van der Waals surface area contributed by atoms with Gasteiger partial charge < -0.3 is 10.6 Å². The minimum Gasteiger partial charge on any atom is -0.337 e. The van der Waals surface area contributed by atoms with E-state index < -0.39 is 17.7 Å². The fourth-order valence-electron chi connectivity index (χ4n) is 1.60. The van der Waals surface area contributed by atoms with Crippen molar-refractivity contribution in [1.29, 1.82) is 0 Å². The van der Waals surface area contributed by atoms with Gasteiger partial charge in [-0.15, -0.1) is 11.8 Å². The first-order chi connectivity index (χ1) is 10.1. The number of carbonyl (C=O) groups is 1. The van der Waals surface area contributed by atoms with Gasteiger partial charge >= 0.3 is 6.03 Å². The third kappa shape index (κ3) is 5.07. The Morgan fingerprint density at radius 3 is 2.52 bits per heavy atom. The predicted octanol–water partition coefficient (Wildman–Crippen LogP) is 3.88. The Morgan fingerprint density at radius 2 is 1.81 bits per heavy atom. The Bertz CT molecular complexity index is 608. The summed E-state index contributed by atoms with van der Waals surface area (Å²) in [6, 6.07) is 12.6. The van der Waals surface area contributed by atoms with E-state index in [1.165, 1.54) is 6.07 Å². The largest absolute Gasteiger partial charge is 0.337 e. The van der Waals surface area contributed by atoms with Crippen molar-refractivity contribution in [2.24, 2.45) is 0 Å². The van der Waals surface area contributed by atoms with E-state index in [0.29, 0.717) is 6.54 Å². The summed E-state index contributed by atoms with van der Waals surface area (Å²) in [6.07, 6.45) is 0. The van der Waals surface area contributed by atoms with Crippen LogP contribution in [0.3, 0.4) is 0 Å². The molecule has 0 aliphatic carbocycles. The number of urea groups is 1. The van der Waals surface area contributed by atoms with E-state index in [9.17, 15) is 13.6 Å². The predicted molar refractivity (Wildman–Crippen MR) is 80.5 cm³/mol. The van der Waals surface area contributed by atoms with E-state index in [2.05, 4.69) is 10.6 Å². The smallest absolute Gasteiger partial charge is 0.319 e. The first-order valence-electron chi connectivity index (χ1n) is 6.33. The number of thioether (sulfide) groups is 1. The summed E-state index contributed by atoms with van der Waals surface area (Å²) < 4.78 is 25.7. The van der Waals surface area contributed by atoms with Crippen LogP contribution in [0.4, 0.5) is 19.3 Å². The van der Waals surface area contributed by atoms with E-state index in [-0.39, 0.29) is 5.69 Å². The number of benzene rings is 2. The second-order valence-electron chi connectivity index (χ2n) is 4.17. The Morgan fingerprint density at radius 1 is 1.05 bits per heavy atom. The Hall–Kier alpha value is -2.08. The lowest BCUT2D eigenvalue weighted by Gasteiger charge is -2.07. The highest BCUT2D eigenvalue weighted by Gasteiger charge is 2.05. The highest BCUT2D eigenvalue weighted by molar-refractivity contribution is 7.99. The number of rotatable bonds is 5. The lowest BCUT2D eigenvalue weighted by Crippen LogP contribution is -2.30. The normalized spacial score (nSPS) is 10.2. The van der Waals surface area contributed by atoms with E-state index in [0.717, 1.165) is 22.8 Å². The molecule has 21 heavy (non-hydrogen) atoms. The minimum absolute atomic E-state index is 0.210. The molecule has 0 fully saturated rings. The summed E-state index contributed by atoms with van der Waals surface area (Å²) in [6.45, 7) is 0.467. The maximum atomic E-state index is 13.0. The Balaban J connectivity index is 1.71. The van der Waals surface area contributed by atoms with Crippen LogP contribution in [0.2, 0.25) is 0 Å². The van der Waals surface area contributed by atoms with Gasteiger partial charge in [-0.05, 0) is 24.3 Å². The average Bonchev–Trinajstić information content (AvgIpc) is 2.49. The van der Waals surface area contributed by atoms with Crippen molar-refractivity contribution in [2.75, 3.05) is 17.6 Å². The topological polar surface area (TPSA) is 41.1 Å². The SMILES string of the molecule is O=C(NCCSc1ccccc1)Nc1ccc(F)c(F)c1. The minimum atomic E-state index is -0.993. The van der Waals surface area contributed by atoms with Gasteiger partial charge in [0, 0.05) is 28.9 Å². The summed E-state index contributed by atoms with van der Waals surface area (Å²) >= 11 is 1.62. The van der Waals surface area contributed by atoms with Crippen molar-refractivity contribution < 1.29 is 13.6 Å².